The number of likely N-dealkylation sites (tertiary alicyclic amines) is 1. The molecule has 0 N–H and O–H groups in total. The topological polar surface area (TPSA) is 49.3 Å². The number of piperazine rings is 1. The Balaban J connectivity index is 1.78. The Kier molecular flexibility index (Phi) is 2.39. The van der Waals surface area contributed by atoms with Crippen LogP contribution in [0.3, 0.4) is 0 Å². The molecule has 5 nitrogen and oxygen atoms in total. The van der Waals surface area contributed by atoms with Crippen LogP contribution < -0.4 is 4.90 Å². The second kappa shape index (κ2) is 3.66. The van der Waals surface area contributed by atoms with Gasteiger partial charge in [0.25, 0.3) is 0 Å². The van der Waals surface area contributed by atoms with Gasteiger partial charge in [0.2, 0.25) is 11.0 Å². The smallest absolute Gasteiger partial charge is 0.219 e. The number of aromatic nitrogens is 2. The van der Waals surface area contributed by atoms with Gasteiger partial charge in [-0.15, -0.1) is 10.2 Å². The molecule has 0 spiro atoms. The zero-order chi connectivity index (χ0) is 11.3. The normalized spacial score (nSPS) is 27.9. The number of rotatable bonds is 1. The van der Waals surface area contributed by atoms with E-state index in [1.54, 1.807) is 18.3 Å². The summed E-state index contributed by atoms with van der Waals surface area (Å²) in [4.78, 5) is 15.6. The van der Waals surface area contributed by atoms with Crippen LogP contribution in [0.15, 0.2) is 3.92 Å². The zero-order valence-corrected chi connectivity index (χ0v) is 11.2. The Morgan fingerprint density at radius 1 is 1.44 bits per heavy atom. The summed E-state index contributed by atoms with van der Waals surface area (Å²) in [5.74, 6) is 0.186. The summed E-state index contributed by atoms with van der Waals surface area (Å²) in [5, 5.41) is 9.05. The predicted molar refractivity (Wildman–Crippen MR) is 64.5 cm³/mol. The van der Waals surface area contributed by atoms with Crippen molar-refractivity contribution in [1.29, 1.82) is 0 Å². The van der Waals surface area contributed by atoms with Crippen molar-refractivity contribution >= 4 is 38.3 Å². The molecular formula is C9H11BrN4OS. The van der Waals surface area contributed by atoms with E-state index in [1.165, 1.54) is 0 Å². The van der Waals surface area contributed by atoms with Crippen molar-refractivity contribution in [3.63, 3.8) is 0 Å². The summed E-state index contributed by atoms with van der Waals surface area (Å²) < 4.78 is 0.814. The lowest BCUT2D eigenvalue weighted by Gasteiger charge is -2.33. The third kappa shape index (κ3) is 1.53. The minimum atomic E-state index is 0.186. The van der Waals surface area contributed by atoms with Gasteiger partial charge in [0.1, 0.15) is 0 Å². The molecule has 2 atom stereocenters. The molecule has 0 aromatic carbocycles. The van der Waals surface area contributed by atoms with E-state index >= 15 is 0 Å². The van der Waals surface area contributed by atoms with Crippen LogP contribution in [0.4, 0.5) is 5.13 Å². The maximum atomic E-state index is 11.4. The van der Waals surface area contributed by atoms with Gasteiger partial charge in [-0.2, -0.15) is 0 Å². The minimum absolute atomic E-state index is 0.186. The van der Waals surface area contributed by atoms with E-state index in [1.807, 2.05) is 4.90 Å². The Hall–Kier alpha value is -0.690. The van der Waals surface area contributed by atoms with E-state index in [4.69, 9.17) is 0 Å². The van der Waals surface area contributed by atoms with Crippen LogP contribution in [-0.4, -0.2) is 46.2 Å². The third-order valence-electron chi connectivity index (χ3n) is 3.28. The first-order chi connectivity index (χ1) is 7.65. The van der Waals surface area contributed by atoms with Crippen molar-refractivity contribution in [3.8, 4) is 0 Å². The molecule has 0 unspecified atom stereocenters. The highest BCUT2D eigenvalue weighted by molar-refractivity contribution is 9.11. The fourth-order valence-corrected chi connectivity index (χ4v) is 3.77. The summed E-state index contributed by atoms with van der Waals surface area (Å²) in [6.07, 6.45) is 1.07. The zero-order valence-electron chi connectivity index (χ0n) is 8.76. The highest BCUT2D eigenvalue weighted by atomic mass is 79.9. The Morgan fingerprint density at radius 2 is 2.25 bits per heavy atom. The average Bonchev–Trinajstić information content (AvgIpc) is 2.89. The summed E-state index contributed by atoms with van der Waals surface area (Å²) in [5.41, 5.74) is 0. The number of fused-ring (bicyclic) bond motifs is 2. The summed E-state index contributed by atoms with van der Waals surface area (Å²) in [6.45, 7) is 3.37. The molecule has 2 saturated heterocycles. The highest BCUT2D eigenvalue weighted by Gasteiger charge is 2.45. The molecule has 0 saturated carbocycles. The molecule has 3 rings (SSSR count). The molecular weight excluding hydrogens is 292 g/mol. The van der Waals surface area contributed by atoms with E-state index in [0.717, 1.165) is 28.6 Å². The molecule has 1 aromatic heterocycles. The SMILES string of the molecule is CC(=O)N1C[C@H]2C[C@@H]1CN2c1nnc(Br)s1. The van der Waals surface area contributed by atoms with Gasteiger partial charge in [0.15, 0.2) is 3.92 Å². The van der Waals surface area contributed by atoms with Crippen LogP contribution in [0.25, 0.3) is 0 Å². The van der Waals surface area contributed by atoms with Crippen molar-refractivity contribution in [2.45, 2.75) is 25.4 Å². The van der Waals surface area contributed by atoms with E-state index < -0.39 is 0 Å². The average molecular weight is 303 g/mol. The number of halogens is 1. The van der Waals surface area contributed by atoms with Gasteiger partial charge >= 0.3 is 0 Å². The number of hydrogen-bond donors (Lipinski definition) is 0. The fraction of sp³-hybridized carbons (Fsp3) is 0.667. The highest BCUT2D eigenvalue weighted by Crippen LogP contribution is 2.36. The number of anilines is 1. The number of hydrogen-bond acceptors (Lipinski definition) is 5. The maximum Gasteiger partial charge on any atom is 0.219 e. The van der Waals surface area contributed by atoms with Crippen molar-refractivity contribution < 1.29 is 4.79 Å². The fourth-order valence-electron chi connectivity index (χ4n) is 2.60. The number of amides is 1. The standard InChI is InChI=1S/C9H11BrN4OS/c1-5(15)13-3-7-2-6(13)4-14(7)9-12-11-8(10)16-9/h6-7H,2-4H2,1H3/t6-,7-/m1/s1. The summed E-state index contributed by atoms with van der Waals surface area (Å²) >= 11 is 4.87. The van der Waals surface area contributed by atoms with Crippen molar-refractivity contribution in [3.05, 3.63) is 3.92 Å². The number of carbonyl (C=O) groups excluding carboxylic acids is 1. The van der Waals surface area contributed by atoms with Crippen LogP contribution in [0, 0.1) is 0 Å². The van der Waals surface area contributed by atoms with Gasteiger partial charge in [-0.05, 0) is 22.4 Å². The summed E-state index contributed by atoms with van der Waals surface area (Å²) in [7, 11) is 0. The van der Waals surface area contributed by atoms with E-state index in [2.05, 4.69) is 31.0 Å². The van der Waals surface area contributed by atoms with Crippen LogP contribution in [0.5, 0.6) is 0 Å². The second-order valence-corrected chi connectivity index (χ2v) is 6.44. The van der Waals surface area contributed by atoms with Crippen molar-refractivity contribution in [1.82, 2.24) is 15.1 Å². The molecule has 2 aliphatic rings. The lowest BCUT2D eigenvalue weighted by atomic mass is 10.2. The lowest BCUT2D eigenvalue weighted by Crippen LogP contribution is -2.48. The second-order valence-electron chi connectivity index (χ2n) is 4.20. The molecule has 7 heteroatoms. The predicted octanol–water partition coefficient (Wildman–Crippen LogP) is 1.11. The first-order valence-corrected chi connectivity index (χ1v) is 6.79. The van der Waals surface area contributed by atoms with E-state index in [0.29, 0.717) is 12.1 Å². The van der Waals surface area contributed by atoms with Gasteiger partial charge < -0.3 is 9.80 Å². The van der Waals surface area contributed by atoms with Crippen LogP contribution >= 0.6 is 27.3 Å². The van der Waals surface area contributed by atoms with Crippen molar-refractivity contribution in [2.75, 3.05) is 18.0 Å². The molecule has 16 heavy (non-hydrogen) atoms. The number of carbonyl (C=O) groups is 1. The Labute approximate surface area is 106 Å². The quantitative estimate of drug-likeness (QED) is 0.780. The van der Waals surface area contributed by atoms with Gasteiger partial charge in [-0.25, -0.2) is 0 Å². The largest absolute Gasteiger partial charge is 0.340 e. The van der Waals surface area contributed by atoms with E-state index in [-0.39, 0.29) is 5.91 Å². The van der Waals surface area contributed by atoms with Crippen molar-refractivity contribution in [2.24, 2.45) is 0 Å². The van der Waals surface area contributed by atoms with Gasteiger partial charge in [-0.1, -0.05) is 11.3 Å². The molecule has 0 radical (unpaired) electrons. The molecule has 1 aromatic rings. The van der Waals surface area contributed by atoms with Gasteiger partial charge in [0, 0.05) is 20.0 Å². The molecule has 0 aliphatic carbocycles. The minimum Gasteiger partial charge on any atom is -0.340 e. The molecule has 2 fully saturated rings. The first kappa shape index (κ1) is 10.5. The molecule has 3 heterocycles. The monoisotopic (exact) mass is 302 g/mol. The molecule has 1 amide bonds. The van der Waals surface area contributed by atoms with Crippen LogP contribution in [-0.2, 0) is 4.79 Å². The molecule has 86 valence electrons. The lowest BCUT2D eigenvalue weighted by molar-refractivity contribution is -0.129. The first-order valence-electron chi connectivity index (χ1n) is 5.18. The Morgan fingerprint density at radius 3 is 2.75 bits per heavy atom. The maximum absolute atomic E-state index is 11.4. The number of nitrogens with zero attached hydrogens (tertiary/aromatic N) is 4. The molecule has 2 aliphatic heterocycles. The Bertz CT molecular complexity index is 437. The molecule has 2 bridgehead atoms. The van der Waals surface area contributed by atoms with Crippen LogP contribution in [0.2, 0.25) is 0 Å². The van der Waals surface area contributed by atoms with Gasteiger partial charge in [0.05, 0.1) is 12.1 Å². The van der Waals surface area contributed by atoms with Crippen LogP contribution in [0.1, 0.15) is 13.3 Å². The third-order valence-corrected chi connectivity index (χ3v) is 4.67. The summed E-state index contributed by atoms with van der Waals surface area (Å²) in [6, 6.07) is 0.791. The van der Waals surface area contributed by atoms with Gasteiger partial charge in [-0.3, -0.25) is 4.79 Å². The van der Waals surface area contributed by atoms with E-state index in [9.17, 15) is 4.79 Å².